The Kier molecular flexibility index (Phi) is 4.33. The van der Waals surface area contributed by atoms with Crippen LogP contribution in [0.1, 0.15) is 23.5 Å². The van der Waals surface area contributed by atoms with Gasteiger partial charge in [-0.05, 0) is 38.7 Å². The Morgan fingerprint density at radius 3 is 2.89 bits per heavy atom. The van der Waals surface area contributed by atoms with Gasteiger partial charge >= 0.3 is 0 Å². The molecule has 0 spiro atoms. The second-order valence-electron chi connectivity index (χ2n) is 4.67. The lowest BCUT2D eigenvalue weighted by atomic mass is 10.2. The standard InChI is InChI=1S/C14H19N3S/c1-11(14-15-7-8-18-14)16-13-6-4-5-12(9-13)10-17(2)3/h4-9,11,16H,10H2,1-3H3. The summed E-state index contributed by atoms with van der Waals surface area (Å²) in [5.41, 5.74) is 2.47. The lowest BCUT2D eigenvalue weighted by molar-refractivity contribution is 0.402. The van der Waals surface area contributed by atoms with Crippen LogP contribution < -0.4 is 5.32 Å². The molecule has 1 atom stereocenters. The van der Waals surface area contributed by atoms with Crippen molar-refractivity contribution in [1.29, 1.82) is 0 Å². The van der Waals surface area contributed by atoms with E-state index in [2.05, 4.69) is 60.5 Å². The zero-order valence-electron chi connectivity index (χ0n) is 11.1. The number of aromatic nitrogens is 1. The SMILES string of the molecule is CC(Nc1cccc(CN(C)C)c1)c1nccs1. The molecule has 1 aromatic heterocycles. The molecule has 0 amide bonds. The van der Waals surface area contributed by atoms with E-state index in [9.17, 15) is 0 Å². The Balaban J connectivity index is 2.05. The number of hydrogen-bond donors (Lipinski definition) is 1. The number of thiazole rings is 1. The molecular weight excluding hydrogens is 242 g/mol. The van der Waals surface area contributed by atoms with Crippen LogP contribution in [0.2, 0.25) is 0 Å². The minimum Gasteiger partial charge on any atom is -0.376 e. The first-order chi connectivity index (χ1) is 8.65. The molecule has 1 unspecified atom stereocenters. The third-order valence-corrected chi connectivity index (χ3v) is 3.59. The molecule has 2 aromatic rings. The molecule has 0 radical (unpaired) electrons. The average Bonchev–Trinajstić information content (AvgIpc) is 2.81. The molecule has 1 N–H and O–H groups in total. The molecule has 1 aromatic carbocycles. The van der Waals surface area contributed by atoms with Crippen molar-refractivity contribution < 1.29 is 0 Å². The number of rotatable bonds is 5. The van der Waals surface area contributed by atoms with E-state index in [-0.39, 0.29) is 6.04 Å². The topological polar surface area (TPSA) is 28.2 Å². The van der Waals surface area contributed by atoms with Crippen molar-refractivity contribution in [2.75, 3.05) is 19.4 Å². The molecule has 0 saturated carbocycles. The van der Waals surface area contributed by atoms with Crippen LogP contribution in [0.15, 0.2) is 35.8 Å². The third kappa shape index (κ3) is 3.55. The van der Waals surface area contributed by atoms with Gasteiger partial charge < -0.3 is 10.2 Å². The van der Waals surface area contributed by atoms with E-state index >= 15 is 0 Å². The smallest absolute Gasteiger partial charge is 0.115 e. The normalized spacial score (nSPS) is 12.7. The van der Waals surface area contributed by atoms with Gasteiger partial charge in [0.25, 0.3) is 0 Å². The molecule has 0 saturated heterocycles. The summed E-state index contributed by atoms with van der Waals surface area (Å²) in [7, 11) is 4.16. The zero-order valence-corrected chi connectivity index (χ0v) is 11.9. The third-order valence-electron chi connectivity index (χ3n) is 2.63. The maximum atomic E-state index is 4.33. The summed E-state index contributed by atoms with van der Waals surface area (Å²) in [6, 6.07) is 8.79. The van der Waals surface area contributed by atoms with Crippen LogP contribution in [0.5, 0.6) is 0 Å². The number of anilines is 1. The molecule has 0 aliphatic carbocycles. The molecule has 0 bridgehead atoms. The largest absolute Gasteiger partial charge is 0.376 e. The van der Waals surface area contributed by atoms with Gasteiger partial charge in [-0.25, -0.2) is 4.98 Å². The highest BCUT2D eigenvalue weighted by atomic mass is 32.1. The van der Waals surface area contributed by atoms with Crippen molar-refractivity contribution in [2.45, 2.75) is 19.5 Å². The Morgan fingerprint density at radius 1 is 1.39 bits per heavy atom. The van der Waals surface area contributed by atoms with Crippen LogP contribution in [0.25, 0.3) is 0 Å². The fourth-order valence-electron chi connectivity index (χ4n) is 1.88. The Hall–Kier alpha value is -1.39. The molecular formula is C14H19N3S. The van der Waals surface area contributed by atoms with Gasteiger partial charge in [-0.15, -0.1) is 11.3 Å². The van der Waals surface area contributed by atoms with Crippen LogP contribution in [0.3, 0.4) is 0 Å². The minimum atomic E-state index is 0.250. The summed E-state index contributed by atoms with van der Waals surface area (Å²) in [6.45, 7) is 3.10. The van der Waals surface area contributed by atoms with E-state index < -0.39 is 0 Å². The number of benzene rings is 1. The molecule has 1 heterocycles. The van der Waals surface area contributed by atoms with E-state index in [1.165, 1.54) is 5.56 Å². The lowest BCUT2D eigenvalue weighted by Crippen LogP contribution is -2.11. The van der Waals surface area contributed by atoms with Gasteiger partial charge in [0, 0.05) is 23.8 Å². The number of hydrogen-bond acceptors (Lipinski definition) is 4. The first-order valence-electron chi connectivity index (χ1n) is 6.05. The highest BCUT2D eigenvalue weighted by molar-refractivity contribution is 7.09. The fraction of sp³-hybridized carbons (Fsp3) is 0.357. The van der Waals surface area contributed by atoms with Crippen LogP contribution >= 0.6 is 11.3 Å². The molecule has 18 heavy (non-hydrogen) atoms. The molecule has 0 aliphatic rings. The number of nitrogens with zero attached hydrogens (tertiary/aromatic N) is 2. The van der Waals surface area contributed by atoms with Gasteiger partial charge in [0.15, 0.2) is 0 Å². The van der Waals surface area contributed by atoms with E-state index in [1.54, 1.807) is 11.3 Å². The molecule has 0 aliphatic heterocycles. The first-order valence-corrected chi connectivity index (χ1v) is 6.92. The van der Waals surface area contributed by atoms with E-state index in [0.29, 0.717) is 0 Å². The predicted molar refractivity (Wildman–Crippen MR) is 78.0 cm³/mol. The second-order valence-corrected chi connectivity index (χ2v) is 5.60. The van der Waals surface area contributed by atoms with Crippen LogP contribution in [-0.2, 0) is 6.54 Å². The molecule has 0 fully saturated rings. The van der Waals surface area contributed by atoms with Gasteiger partial charge in [-0.2, -0.15) is 0 Å². The van der Waals surface area contributed by atoms with E-state index in [1.807, 2.05) is 11.6 Å². The molecule has 96 valence electrons. The first kappa shape index (κ1) is 13.1. The maximum absolute atomic E-state index is 4.33. The Labute approximate surface area is 112 Å². The van der Waals surface area contributed by atoms with Crippen molar-refractivity contribution >= 4 is 17.0 Å². The minimum absolute atomic E-state index is 0.250. The lowest BCUT2D eigenvalue weighted by Gasteiger charge is -2.15. The van der Waals surface area contributed by atoms with Gasteiger partial charge in [0.1, 0.15) is 5.01 Å². The van der Waals surface area contributed by atoms with Gasteiger partial charge in [-0.1, -0.05) is 12.1 Å². The van der Waals surface area contributed by atoms with Gasteiger partial charge in [0.05, 0.1) is 6.04 Å². The average molecular weight is 261 g/mol. The van der Waals surface area contributed by atoms with Crippen molar-refractivity contribution in [3.05, 3.63) is 46.4 Å². The summed E-state index contributed by atoms with van der Waals surface area (Å²) >= 11 is 1.68. The molecule has 4 heteroatoms. The van der Waals surface area contributed by atoms with Gasteiger partial charge in [0.2, 0.25) is 0 Å². The highest BCUT2D eigenvalue weighted by Crippen LogP contribution is 2.21. The Morgan fingerprint density at radius 2 is 2.22 bits per heavy atom. The summed E-state index contributed by atoms with van der Waals surface area (Å²) in [4.78, 5) is 6.50. The zero-order chi connectivity index (χ0) is 13.0. The quantitative estimate of drug-likeness (QED) is 0.894. The van der Waals surface area contributed by atoms with Crippen LogP contribution in [0, 0.1) is 0 Å². The van der Waals surface area contributed by atoms with Gasteiger partial charge in [-0.3, -0.25) is 0 Å². The van der Waals surface area contributed by atoms with Crippen LogP contribution in [-0.4, -0.2) is 24.0 Å². The summed E-state index contributed by atoms with van der Waals surface area (Å²) < 4.78 is 0. The maximum Gasteiger partial charge on any atom is 0.115 e. The van der Waals surface area contributed by atoms with Crippen molar-refractivity contribution in [2.24, 2.45) is 0 Å². The second kappa shape index (κ2) is 5.98. The monoisotopic (exact) mass is 261 g/mol. The molecule has 3 nitrogen and oxygen atoms in total. The van der Waals surface area contributed by atoms with Crippen LogP contribution in [0.4, 0.5) is 5.69 Å². The summed E-state index contributed by atoms with van der Waals surface area (Å²) in [5.74, 6) is 0. The fourth-order valence-corrected chi connectivity index (χ4v) is 2.53. The summed E-state index contributed by atoms with van der Waals surface area (Å²) in [5, 5.41) is 6.62. The van der Waals surface area contributed by atoms with Crippen molar-refractivity contribution in [1.82, 2.24) is 9.88 Å². The van der Waals surface area contributed by atoms with Crippen molar-refractivity contribution in [3.63, 3.8) is 0 Å². The Bertz CT molecular complexity index is 480. The van der Waals surface area contributed by atoms with E-state index in [4.69, 9.17) is 0 Å². The predicted octanol–water partition coefficient (Wildman–Crippen LogP) is 3.38. The summed E-state index contributed by atoms with van der Waals surface area (Å²) in [6.07, 6.45) is 1.85. The molecule has 2 rings (SSSR count). The highest BCUT2D eigenvalue weighted by Gasteiger charge is 2.07. The van der Waals surface area contributed by atoms with Crippen molar-refractivity contribution in [3.8, 4) is 0 Å². The van der Waals surface area contributed by atoms with E-state index in [0.717, 1.165) is 17.2 Å². The number of nitrogens with one attached hydrogen (secondary N) is 1.